The first-order valence-corrected chi connectivity index (χ1v) is 8.74. The Labute approximate surface area is 152 Å². The van der Waals surface area contributed by atoms with E-state index in [1.807, 2.05) is 37.3 Å². The van der Waals surface area contributed by atoms with Crippen molar-refractivity contribution in [3.8, 4) is 11.7 Å². The molecule has 0 spiro atoms. The fraction of sp³-hybridized carbons (Fsp3) is 0.316. The van der Waals surface area contributed by atoms with E-state index in [4.69, 9.17) is 8.83 Å². The van der Waals surface area contributed by atoms with E-state index in [9.17, 15) is 4.79 Å². The lowest BCUT2D eigenvalue weighted by molar-refractivity contribution is -0.928. The minimum absolute atomic E-state index is 0.0366. The second-order valence-corrected chi connectivity index (χ2v) is 6.14. The molecule has 3 rings (SSSR count). The van der Waals surface area contributed by atoms with Crippen LogP contribution < -0.4 is 10.2 Å². The normalized spacial score (nSPS) is 13.3. The largest absolute Gasteiger partial charge is 0.459 e. The summed E-state index contributed by atoms with van der Waals surface area (Å²) in [6.07, 6.45) is 2.50. The third-order valence-corrected chi connectivity index (χ3v) is 4.20. The number of hydrogen-bond acceptors (Lipinski definition) is 5. The van der Waals surface area contributed by atoms with Crippen LogP contribution in [-0.4, -0.2) is 28.7 Å². The predicted octanol–water partition coefficient (Wildman–Crippen LogP) is 2.15. The van der Waals surface area contributed by atoms with Gasteiger partial charge in [-0.25, -0.2) is 0 Å². The highest BCUT2D eigenvalue weighted by Crippen LogP contribution is 2.17. The molecule has 1 unspecified atom stereocenters. The number of aromatic nitrogens is 2. The summed E-state index contributed by atoms with van der Waals surface area (Å²) in [7, 11) is 0. The number of furan rings is 1. The average molecular weight is 355 g/mol. The molecule has 136 valence electrons. The summed E-state index contributed by atoms with van der Waals surface area (Å²) in [6, 6.07) is 12.7. The van der Waals surface area contributed by atoms with Crippen LogP contribution in [0.25, 0.3) is 11.7 Å². The summed E-state index contributed by atoms with van der Waals surface area (Å²) in [5, 5.41) is 11.1. The SMILES string of the molecule is CCC[NH+](Cc1nnc(-c2ccco2)o1)[C@@H](C)C(=O)Nc1ccccc1. The maximum atomic E-state index is 12.6. The van der Waals surface area contributed by atoms with Crippen molar-refractivity contribution in [1.82, 2.24) is 10.2 Å². The van der Waals surface area contributed by atoms with Crippen molar-refractivity contribution < 1.29 is 18.5 Å². The third-order valence-electron chi connectivity index (χ3n) is 4.20. The van der Waals surface area contributed by atoms with E-state index in [1.165, 1.54) is 0 Å². The number of anilines is 1. The van der Waals surface area contributed by atoms with E-state index in [0.29, 0.717) is 24.1 Å². The van der Waals surface area contributed by atoms with Gasteiger partial charge in [0, 0.05) is 5.69 Å². The van der Waals surface area contributed by atoms with Crippen molar-refractivity contribution >= 4 is 11.6 Å². The fourth-order valence-electron chi connectivity index (χ4n) is 2.76. The molecule has 7 heteroatoms. The number of nitrogens with zero attached hydrogens (tertiary/aromatic N) is 2. The summed E-state index contributed by atoms with van der Waals surface area (Å²) in [4.78, 5) is 13.7. The van der Waals surface area contributed by atoms with Crippen molar-refractivity contribution in [2.75, 3.05) is 11.9 Å². The number of rotatable bonds is 8. The molecule has 2 heterocycles. The summed E-state index contributed by atoms with van der Waals surface area (Å²) in [5.41, 5.74) is 0.790. The van der Waals surface area contributed by atoms with Gasteiger partial charge in [0.15, 0.2) is 18.3 Å². The van der Waals surface area contributed by atoms with Crippen molar-refractivity contribution in [2.45, 2.75) is 32.9 Å². The van der Waals surface area contributed by atoms with Gasteiger partial charge in [-0.1, -0.05) is 25.1 Å². The highest BCUT2D eigenvalue weighted by atomic mass is 16.4. The van der Waals surface area contributed by atoms with E-state index >= 15 is 0 Å². The summed E-state index contributed by atoms with van der Waals surface area (Å²) < 4.78 is 11.0. The number of nitrogens with one attached hydrogen (secondary N) is 2. The number of carbonyl (C=O) groups excluding carboxylic acids is 1. The first-order valence-electron chi connectivity index (χ1n) is 8.74. The molecule has 0 fully saturated rings. The van der Waals surface area contributed by atoms with Gasteiger partial charge >= 0.3 is 0 Å². The molecular weight excluding hydrogens is 332 g/mol. The molecule has 0 bridgehead atoms. The lowest BCUT2D eigenvalue weighted by Gasteiger charge is -2.23. The van der Waals surface area contributed by atoms with Gasteiger partial charge in [0.05, 0.1) is 12.8 Å². The standard InChI is InChI=1S/C19H22N4O3/c1-3-11-23(14(2)18(24)20-15-8-5-4-6-9-15)13-17-21-22-19(26-17)16-10-7-12-25-16/h4-10,12,14H,3,11,13H2,1-2H3,(H,20,24)/p+1/t14-/m0/s1. The van der Waals surface area contributed by atoms with E-state index < -0.39 is 0 Å². The summed E-state index contributed by atoms with van der Waals surface area (Å²) in [6.45, 7) is 5.30. The Bertz CT molecular complexity index is 814. The molecule has 0 radical (unpaired) electrons. The van der Waals surface area contributed by atoms with Crippen LogP contribution in [0.1, 0.15) is 26.2 Å². The van der Waals surface area contributed by atoms with E-state index in [1.54, 1.807) is 18.4 Å². The topological polar surface area (TPSA) is 85.6 Å². The van der Waals surface area contributed by atoms with Crippen molar-refractivity contribution in [3.05, 3.63) is 54.6 Å². The van der Waals surface area contributed by atoms with Crippen LogP contribution in [0, 0.1) is 0 Å². The van der Waals surface area contributed by atoms with Crippen LogP contribution in [0.2, 0.25) is 0 Å². The number of hydrogen-bond donors (Lipinski definition) is 2. The summed E-state index contributed by atoms with van der Waals surface area (Å²) >= 11 is 0. The number of amides is 1. The van der Waals surface area contributed by atoms with Crippen molar-refractivity contribution in [3.63, 3.8) is 0 Å². The number of quaternary nitrogens is 1. The number of carbonyl (C=O) groups is 1. The second-order valence-electron chi connectivity index (χ2n) is 6.14. The molecule has 0 aliphatic rings. The Kier molecular flexibility index (Phi) is 5.80. The highest BCUT2D eigenvalue weighted by Gasteiger charge is 2.27. The van der Waals surface area contributed by atoms with Crippen LogP contribution in [0.15, 0.2) is 57.6 Å². The molecule has 0 saturated carbocycles. The Morgan fingerprint density at radius 2 is 2.00 bits per heavy atom. The van der Waals surface area contributed by atoms with Gasteiger partial charge in [0.1, 0.15) is 0 Å². The quantitative estimate of drug-likeness (QED) is 0.647. The van der Waals surface area contributed by atoms with Crippen molar-refractivity contribution in [2.24, 2.45) is 0 Å². The zero-order valence-corrected chi connectivity index (χ0v) is 14.9. The van der Waals surface area contributed by atoms with Crippen LogP contribution in [0.3, 0.4) is 0 Å². The molecule has 7 nitrogen and oxygen atoms in total. The molecule has 26 heavy (non-hydrogen) atoms. The Balaban J connectivity index is 1.67. The van der Waals surface area contributed by atoms with Gasteiger partial charge in [-0.2, -0.15) is 0 Å². The lowest BCUT2D eigenvalue weighted by atomic mass is 10.2. The lowest BCUT2D eigenvalue weighted by Crippen LogP contribution is -3.15. The van der Waals surface area contributed by atoms with Gasteiger partial charge in [0.2, 0.25) is 0 Å². The molecule has 0 aliphatic carbocycles. The van der Waals surface area contributed by atoms with Gasteiger partial charge in [0.25, 0.3) is 17.7 Å². The van der Waals surface area contributed by atoms with Crippen LogP contribution in [-0.2, 0) is 11.3 Å². The van der Waals surface area contributed by atoms with Gasteiger partial charge < -0.3 is 19.1 Å². The second kappa shape index (κ2) is 8.44. The zero-order chi connectivity index (χ0) is 18.4. The van der Waals surface area contributed by atoms with E-state index in [0.717, 1.165) is 23.6 Å². The molecular formula is C19H23N4O3+. The maximum Gasteiger partial charge on any atom is 0.283 e. The molecule has 1 amide bonds. The Hall–Kier alpha value is -2.93. The maximum absolute atomic E-state index is 12.6. The van der Waals surface area contributed by atoms with E-state index in [-0.39, 0.29) is 11.9 Å². The summed E-state index contributed by atoms with van der Waals surface area (Å²) in [5.74, 6) is 1.34. The Morgan fingerprint density at radius 3 is 2.69 bits per heavy atom. The van der Waals surface area contributed by atoms with E-state index in [2.05, 4.69) is 22.4 Å². The molecule has 0 aliphatic heterocycles. The molecule has 2 N–H and O–H groups in total. The minimum atomic E-state index is -0.255. The average Bonchev–Trinajstić information content (AvgIpc) is 3.33. The van der Waals surface area contributed by atoms with Gasteiger partial charge in [-0.15, -0.1) is 10.2 Å². The monoisotopic (exact) mass is 355 g/mol. The first-order chi connectivity index (χ1) is 12.7. The molecule has 2 aromatic heterocycles. The van der Waals surface area contributed by atoms with Crippen LogP contribution in [0.4, 0.5) is 5.69 Å². The number of benzene rings is 1. The minimum Gasteiger partial charge on any atom is -0.459 e. The smallest absolute Gasteiger partial charge is 0.283 e. The van der Waals surface area contributed by atoms with Crippen LogP contribution in [0.5, 0.6) is 0 Å². The number of para-hydroxylation sites is 1. The molecule has 2 atom stereocenters. The van der Waals surface area contributed by atoms with Crippen molar-refractivity contribution in [1.29, 1.82) is 0 Å². The highest BCUT2D eigenvalue weighted by molar-refractivity contribution is 5.93. The zero-order valence-electron chi connectivity index (χ0n) is 14.9. The predicted molar refractivity (Wildman–Crippen MR) is 96.4 cm³/mol. The molecule has 0 saturated heterocycles. The van der Waals surface area contributed by atoms with Crippen LogP contribution >= 0.6 is 0 Å². The van der Waals surface area contributed by atoms with Gasteiger partial charge in [-0.3, -0.25) is 4.79 Å². The third kappa shape index (κ3) is 4.37. The molecule has 3 aromatic rings. The Morgan fingerprint density at radius 1 is 1.19 bits per heavy atom. The fourth-order valence-corrected chi connectivity index (χ4v) is 2.76. The van der Waals surface area contributed by atoms with Gasteiger partial charge in [-0.05, 0) is 37.6 Å². The molecule has 1 aromatic carbocycles. The first kappa shape index (κ1) is 17.9.